The molecular weight excluding hydrogens is 238 g/mol. The van der Waals surface area contributed by atoms with Crippen LogP contribution in [0.15, 0.2) is 24.3 Å². The molecule has 0 aromatic heterocycles. The smallest absolute Gasteiger partial charge is 0.179 e. The Kier molecular flexibility index (Phi) is 6.57. The van der Waals surface area contributed by atoms with E-state index < -0.39 is 0 Å². The summed E-state index contributed by atoms with van der Waals surface area (Å²) in [5, 5.41) is 3.30. The summed E-state index contributed by atoms with van der Waals surface area (Å²) in [6.07, 6.45) is 2.00. The van der Waals surface area contributed by atoms with Crippen LogP contribution >= 0.6 is 0 Å². The number of benzene rings is 1. The van der Waals surface area contributed by atoms with Gasteiger partial charge in [-0.2, -0.15) is 0 Å². The third-order valence-electron chi connectivity index (χ3n) is 3.15. The van der Waals surface area contributed by atoms with E-state index in [1.54, 1.807) is 0 Å². The molecular formula is C16H25NO2. The molecule has 106 valence electrons. The second kappa shape index (κ2) is 7.95. The Morgan fingerprint density at radius 3 is 2.37 bits per heavy atom. The van der Waals surface area contributed by atoms with Crippen LogP contribution in [0.3, 0.4) is 0 Å². The number of ether oxygens (including phenoxy) is 1. The van der Waals surface area contributed by atoms with Crippen LogP contribution in [0.1, 0.15) is 50.9 Å². The highest BCUT2D eigenvalue weighted by atomic mass is 16.5. The molecule has 1 N–H and O–H groups in total. The summed E-state index contributed by atoms with van der Waals surface area (Å²) in [4.78, 5) is 12.2. The highest BCUT2D eigenvalue weighted by molar-refractivity contribution is 5.99. The fraction of sp³-hybridized carbons (Fsp3) is 0.562. The Morgan fingerprint density at radius 2 is 1.84 bits per heavy atom. The van der Waals surface area contributed by atoms with Gasteiger partial charge in [0, 0.05) is 11.6 Å². The van der Waals surface area contributed by atoms with E-state index in [0.29, 0.717) is 12.6 Å². The Hall–Kier alpha value is -1.35. The quantitative estimate of drug-likeness (QED) is 0.730. The van der Waals surface area contributed by atoms with E-state index in [-0.39, 0.29) is 11.8 Å². The second-order valence-corrected chi connectivity index (χ2v) is 4.93. The monoisotopic (exact) mass is 263 g/mol. The zero-order chi connectivity index (χ0) is 14.3. The van der Waals surface area contributed by atoms with Crippen molar-refractivity contribution in [1.82, 2.24) is 5.32 Å². The van der Waals surface area contributed by atoms with Crippen molar-refractivity contribution in [2.24, 2.45) is 0 Å². The molecule has 0 amide bonds. The minimum Gasteiger partial charge on any atom is -0.494 e. The van der Waals surface area contributed by atoms with Crippen LogP contribution in [0, 0.1) is 0 Å². The van der Waals surface area contributed by atoms with E-state index in [1.165, 1.54) is 0 Å². The highest BCUT2D eigenvalue weighted by Gasteiger charge is 2.16. The summed E-state index contributed by atoms with van der Waals surface area (Å²) in [6, 6.07) is 7.59. The van der Waals surface area contributed by atoms with E-state index in [4.69, 9.17) is 4.74 Å². The average Bonchev–Trinajstić information content (AvgIpc) is 2.44. The molecule has 2 unspecified atom stereocenters. The first-order chi connectivity index (χ1) is 9.08. The number of carbonyl (C=O) groups is 1. The van der Waals surface area contributed by atoms with Crippen molar-refractivity contribution in [2.75, 3.05) is 6.61 Å². The molecule has 0 heterocycles. The number of hydrogen-bond donors (Lipinski definition) is 1. The molecule has 0 aliphatic carbocycles. The SMILES string of the molecule is CCCOc1ccc(C(=O)C(C)NC(C)CC)cc1. The molecule has 0 spiro atoms. The van der Waals surface area contributed by atoms with Crippen LogP contribution in [0.5, 0.6) is 5.75 Å². The zero-order valence-electron chi connectivity index (χ0n) is 12.4. The summed E-state index contributed by atoms with van der Waals surface area (Å²) in [5.74, 6) is 0.947. The third-order valence-corrected chi connectivity index (χ3v) is 3.15. The predicted molar refractivity (Wildman–Crippen MR) is 78.9 cm³/mol. The van der Waals surface area contributed by atoms with Crippen LogP contribution in [0.2, 0.25) is 0 Å². The fourth-order valence-electron chi connectivity index (χ4n) is 1.81. The van der Waals surface area contributed by atoms with Gasteiger partial charge in [0.25, 0.3) is 0 Å². The maximum atomic E-state index is 12.2. The first-order valence-electron chi connectivity index (χ1n) is 7.11. The Bertz CT molecular complexity index is 386. The summed E-state index contributed by atoms with van der Waals surface area (Å²) in [7, 11) is 0. The van der Waals surface area contributed by atoms with E-state index in [9.17, 15) is 4.79 Å². The van der Waals surface area contributed by atoms with Gasteiger partial charge in [-0.3, -0.25) is 4.79 Å². The first-order valence-corrected chi connectivity index (χ1v) is 7.11. The molecule has 3 heteroatoms. The van der Waals surface area contributed by atoms with E-state index >= 15 is 0 Å². The molecule has 0 radical (unpaired) electrons. The lowest BCUT2D eigenvalue weighted by molar-refractivity contribution is 0.0945. The summed E-state index contributed by atoms with van der Waals surface area (Å²) in [5.41, 5.74) is 0.729. The van der Waals surface area contributed by atoms with Gasteiger partial charge in [0.2, 0.25) is 0 Å². The lowest BCUT2D eigenvalue weighted by Gasteiger charge is -2.17. The van der Waals surface area contributed by atoms with E-state index in [1.807, 2.05) is 31.2 Å². The van der Waals surface area contributed by atoms with Crippen LogP contribution in [-0.2, 0) is 0 Å². The van der Waals surface area contributed by atoms with Crippen molar-refractivity contribution in [3.05, 3.63) is 29.8 Å². The van der Waals surface area contributed by atoms with Gasteiger partial charge in [0.1, 0.15) is 5.75 Å². The Labute approximate surface area is 116 Å². The standard InChI is InChI=1S/C16H25NO2/c1-5-11-19-15-9-7-14(8-10-15)16(18)13(4)17-12(3)6-2/h7-10,12-13,17H,5-6,11H2,1-4H3. The average molecular weight is 263 g/mol. The summed E-state index contributed by atoms with van der Waals surface area (Å²) in [6.45, 7) is 8.88. The van der Waals surface area contributed by atoms with Gasteiger partial charge in [-0.1, -0.05) is 13.8 Å². The molecule has 0 saturated heterocycles. The van der Waals surface area contributed by atoms with Gasteiger partial charge in [-0.15, -0.1) is 0 Å². The van der Waals surface area contributed by atoms with Gasteiger partial charge in [0.15, 0.2) is 5.78 Å². The largest absolute Gasteiger partial charge is 0.494 e. The molecule has 1 aromatic carbocycles. The maximum absolute atomic E-state index is 12.2. The topological polar surface area (TPSA) is 38.3 Å². The molecule has 19 heavy (non-hydrogen) atoms. The fourth-order valence-corrected chi connectivity index (χ4v) is 1.81. The van der Waals surface area contributed by atoms with Gasteiger partial charge in [0.05, 0.1) is 12.6 Å². The molecule has 0 aliphatic heterocycles. The van der Waals surface area contributed by atoms with E-state index in [2.05, 4.69) is 26.1 Å². The van der Waals surface area contributed by atoms with Gasteiger partial charge < -0.3 is 10.1 Å². The third kappa shape index (κ3) is 5.03. The van der Waals surface area contributed by atoms with Crippen LogP contribution < -0.4 is 10.1 Å². The summed E-state index contributed by atoms with van der Waals surface area (Å²) < 4.78 is 5.51. The van der Waals surface area contributed by atoms with Crippen LogP contribution in [0.25, 0.3) is 0 Å². The van der Waals surface area contributed by atoms with Crippen molar-refractivity contribution in [2.45, 2.75) is 52.6 Å². The number of carbonyl (C=O) groups excluding carboxylic acids is 1. The molecule has 2 atom stereocenters. The predicted octanol–water partition coefficient (Wildman–Crippen LogP) is 3.43. The van der Waals surface area contributed by atoms with Crippen molar-refractivity contribution in [3.8, 4) is 5.75 Å². The van der Waals surface area contributed by atoms with Crippen molar-refractivity contribution < 1.29 is 9.53 Å². The lowest BCUT2D eigenvalue weighted by atomic mass is 10.0. The lowest BCUT2D eigenvalue weighted by Crippen LogP contribution is -2.39. The Balaban J connectivity index is 2.61. The number of Topliss-reactive ketones (excluding diaryl/α,β-unsaturated/α-hetero) is 1. The molecule has 1 rings (SSSR count). The molecule has 0 fully saturated rings. The molecule has 0 aliphatic rings. The zero-order valence-corrected chi connectivity index (χ0v) is 12.4. The van der Waals surface area contributed by atoms with Crippen LogP contribution in [0.4, 0.5) is 0 Å². The van der Waals surface area contributed by atoms with Crippen LogP contribution in [-0.4, -0.2) is 24.5 Å². The minimum atomic E-state index is -0.155. The van der Waals surface area contributed by atoms with Gasteiger partial charge in [-0.25, -0.2) is 0 Å². The maximum Gasteiger partial charge on any atom is 0.179 e. The van der Waals surface area contributed by atoms with Gasteiger partial charge in [-0.05, 0) is 51.0 Å². The van der Waals surface area contributed by atoms with Crippen molar-refractivity contribution in [1.29, 1.82) is 0 Å². The number of nitrogens with one attached hydrogen (secondary N) is 1. The van der Waals surface area contributed by atoms with Crippen molar-refractivity contribution >= 4 is 5.78 Å². The normalized spacial score (nSPS) is 13.9. The number of rotatable bonds is 8. The molecule has 0 bridgehead atoms. The molecule has 1 aromatic rings. The van der Waals surface area contributed by atoms with Crippen molar-refractivity contribution in [3.63, 3.8) is 0 Å². The highest BCUT2D eigenvalue weighted by Crippen LogP contribution is 2.14. The number of ketones is 1. The molecule has 0 saturated carbocycles. The first kappa shape index (κ1) is 15.7. The Morgan fingerprint density at radius 1 is 1.21 bits per heavy atom. The number of hydrogen-bond acceptors (Lipinski definition) is 3. The van der Waals surface area contributed by atoms with E-state index in [0.717, 1.165) is 24.2 Å². The molecule has 3 nitrogen and oxygen atoms in total. The second-order valence-electron chi connectivity index (χ2n) is 4.93. The minimum absolute atomic E-state index is 0.127. The summed E-state index contributed by atoms with van der Waals surface area (Å²) >= 11 is 0. The van der Waals surface area contributed by atoms with Gasteiger partial charge >= 0.3 is 0 Å².